The highest BCUT2D eigenvalue weighted by atomic mass is 16.1. The second kappa shape index (κ2) is 5.07. The van der Waals surface area contributed by atoms with E-state index in [0.717, 1.165) is 43.4 Å². The van der Waals surface area contributed by atoms with Crippen LogP contribution < -0.4 is 0 Å². The molecule has 0 N–H and O–H groups in total. The Morgan fingerprint density at radius 1 is 0.905 bits per heavy atom. The summed E-state index contributed by atoms with van der Waals surface area (Å²) < 4.78 is 0. The lowest BCUT2D eigenvalue weighted by Crippen LogP contribution is -2.42. The molecule has 6 atom stereocenters. The quantitative estimate of drug-likeness (QED) is 0.731. The molecule has 2 heteroatoms. The van der Waals surface area contributed by atoms with Crippen molar-refractivity contribution in [1.29, 1.82) is 0 Å². The molecule has 4 aliphatic rings. The third-order valence-corrected chi connectivity index (χ3v) is 7.14. The minimum atomic E-state index is 0.353. The van der Waals surface area contributed by atoms with Crippen LogP contribution in [-0.2, 0) is 9.59 Å². The van der Waals surface area contributed by atoms with Crippen LogP contribution in [-0.4, -0.2) is 11.6 Å². The summed E-state index contributed by atoms with van der Waals surface area (Å²) in [5, 5.41) is 0. The third kappa shape index (κ3) is 2.13. The molecule has 0 saturated heterocycles. The molecule has 0 aromatic heterocycles. The fraction of sp³-hybridized carbons (Fsp3) is 0.789. The van der Waals surface area contributed by atoms with Crippen molar-refractivity contribution in [3.05, 3.63) is 11.6 Å². The number of carbonyl (C=O) groups is 2. The Labute approximate surface area is 127 Å². The van der Waals surface area contributed by atoms with Crippen molar-refractivity contribution in [3.63, 3.8) is 0 Å². The second-order valence-electron chi connectivity index (χ2n) is 7.90. The second-order valence-corrected chi connectivity index (χ2v) is 7.90. The minimum absolute atomic E-state index is 0.353. The smallest absolute Gasteiger partial charge is 0.155 e. The summed E-state index contributed by atoms with van der Waals surface area (Å²) in [5.41, 5.74) is 1.46. The molecule has 4 rings (SSSR count). The molecule has 21 heavy (non-hydrogen) atoms. The van der Waals surface area contributed by atoms with Gasteiger partial charge in [-0.15, -0.1) is 0 Å². The van der Waals surface area contributed by atoms with E-state index in [1.54, 1.807) is 6.92 Å². The van der Waals surface area contributed by atoms with Crippen LogP contribution in [0.15, 0.2) is 11.6 Å². The van der Waals surface area contributed by atoms with E-state index in [2.05, 4.69) is 0 Å². The van der Waals surface area contributed by atoms with Crippen molar-refractivity contribution in [2.24, 2.45) is 35.5 Å². The van der Waals surface area contributed by atoms with Crippen molar-refractivity contribution in [2.45, 2.75) is 58.3 Å². The predicted molar refractivity (Wildman–Crippen MR) is 81.6 cm³/mol. The van der Waals surface area contributed by atoms with Crippen molar-refractivity contribution in [1.82, 2.24) is 0 Å². The maximum Gasteiger partial charge on any atom is 0.155 e. The molecule has 3 saturated carbocycles. The monoisotopic (exact) mass is 286 g/mol. The zero-order valence-corrected chi connectivity index (χ0v) is 13.0. The normalized spacial score (nSPS) is 45.4. The molecule has 0 radical (unpaired) electrons. The molecule has 4 aliphatic carbocycles. The molecule has 2 nitrogen and oxygen atoms in total. The number of allylic oxidation sites excluding steroid dienone is 1. The zero-order chi connectivity index (χ0) is 14.6. The molecule has 0 aromatic rings. The van der Waals surface area contributed by atoms with Crippen LogP contribution in [0.25, 0.3) is 0 Å². The van der Waals surface area contributed by atoms with E-state index < -0.39 is 0 Å². The minimum Gasteiger partial charge on any atom is -0.300 e. The number of carbonyl (C=O) groups excluding carboxylic acids is 2. The van der Waals surface area contributed by atoms with E-state index in [0.29, 0.717) is 29.3 Å². The van der Waals surface area contributed by atoms with Gasteiger partial charge in [-0.2, -0.15) is 0 Å². The van der Waals surface area contributed by atoms with Gasteiger partial charge >= 0.3 is 0 Å². The summed E-state index contributed by atoms with van der Waals surface area (Å²) in [6.45, 7) is 1.80. The average molecular weight is 286 g/mol. The first-order valence-electron chi connectivity index (χ1n) is 8.89. The molecule has 0 aliphatic heterocycles. The van der Waals surface area contributed by atoms with Gasteiger partial charge in [0.05, 0.1) is 0 Å². The Morgan fingerprint density at radius 3 is 2.43 bits per heavy atom. The number of hydrogen-bond donors (Lipinski definition) is 0. The zero-order valence-electron chi connectivity index (χ0n) is 13.0. The van der Waals surface area contributed by atoms with E-state index in [4.69, 9.17) is 0 Å². The topological polar surface area (TPSA) is 34.1 Å². The maximum absolute atomic E-state index is 11.9. The lowest BCUT2D eigenvalue weighted by molar-refractivity contribution is -0.123. The van der Waals surface area contributed by atoms with E-state index in [-0.39, 0.29) is 0 Å². The predicted octanol–water partition coefficient (Wildman–Crippen LogP) is 3.94. The summed E-state index contributed by atoms with van der Waals surface area (Å²) in [6.07, 6.45) is 11.2. The van der Waals surface area contributed by atoms with Crippen LogP contribution in [0.4, 0.5) is 0 Å². The Hall–Kier alpha value is -0.920. The number of hydrogen-bond acceptors (Lipinski definition) is 2. The lowest BCUT2D eigenvalue weighted by Gasteiger charge is -2.49. The van der Waals surface area contributed by atoms with E-state index in [9.17, 15) is 9.59 Å². The molecule has 0 amide bonds. The molecule has 0 heterocycles. The van der Waals surface area contributed by atoms with Gasteiger partial charge < -0.3 is 0 Å². The third-order valence-electron chi connectivity index (χ3n) is 7.14. The molecule has 6 unspecified atom stereocenters. The van der Waals surface area contributed by atoms with Crippen LogP contribution in [0.3, 0.4) is 0 Å². The van der Waals surface area contributed by atoms with Gasteiger partial charge in [-0.3, -0.25) is 9.59 Å². The summed E-state index contributed by atoms with van der Waals surface area (Å²) in [5.74, 6) is 4.97. The standard InChI is InChI=1S/C19H26O2/c1-11(20)14-6-7-19-16(14)8-9-17-15-5-3-13(21)10-12(15)2-4-18(17)19/h10,14-19H,2-9H2,1H3. The Balaban J connectivity index is 1.57. The number of fused-ring (bicyclic) bond motifs is 5. The lowest BCUT2D eigenvalue weighted by atomic mass is 9.55. The summed E-state index contributed by atoms with van der Waals surface area (Å²) in [4.78, 5) is 23.5. The Kier molecular flexibility index (Phi) is 3.31. The number of Topliss-reactive ketones (excluding diaryl/α,β-unsaturated/α-hetero) is 1. The first kappa shape index (κ1) is 13.7. The fourth-order valence-electron chi connectivity index (χ4n) is 6.34. The maximum atomic E-state index is 11.9. The van der Waals surface area contributed by atoms with Crippen LogP contribution in [0.5, 0.6) is 0 Å². The van der Waals surface area contributed by atoms with Crippen molar-refractivity contribution >= 4 is 11.6 Å². The van der Waals surface area contributed by atoms with Crippen LogP contribution in [0.1, 0.15) is 58.3 Å². The van der Waals surface area contributed by atoms with Crippen LogP contribution >= 0.6 is 0 Å². The van der Waals surface area contributed by atoms with Gasteiger partial charge in [0.2, 0.25) is 0 Å². The van der Waals surface area contributed by atoms with Crippen molar-refractivity contribution in [3.8, 4) is 0 Å². The Morgan fingerprint density at radius 2 is 1.62 bits per heavy atom. The molecular weight excluding hydrogens is 260 g/mol. The van der Waals surface area contributed by atoms with E-state index in [1.165, 1.54) is 31.3 Å². The number of ketones is 2. The molecule has 0 spiro atoms. The van der Waals surface area contributed by atoms with Crippen molar-refractivity contribution < 1.29 is 9.59 Å². The van der Waals surface area contributed by atoms with Gasteiger partial charge in [0.1, 0.15) is 5.78 Å². The number of rotatable bonds is 1. The highest BCUT2D eigenvalue weighted by Crippen LogP contribution is 2.58. The molecule has 0 aromatic carbocycles. The highest BCUT2D eigenvalue weighted by Gasteiger charge is 2.50. The van der Waals surface area contributed by atoms with Gasteiger partial charge in [-0.1, -0.05) is 5.57 Å². The largest absolute Gasteiger partial charge is 0.300 e. The average Bonchev–Trinajstić information content (AvgIpc) is 2.90. The van der Waals surface area contributed by atoms with Crippen molar-refractivity contribution in [2.75, 3.05) is 0 Å². The molecule has 0 bridgehead atoms. The highest BCUT2D eigenvalue weighted by molar-refractivity contribution is 5.91. The SMILES string of the molecule is CC(=O)C1CCC2C1CCC1C3CCC(=O)C=C3CCC12. The Bertz CT molecular complexity index is 504. The van der Waals surface area contributed by atoms with E-state index in [1.807, 2.05) is 6.08 Å². The summed E-state index contributed by atoms with van der Waals surface area (Å²) in [6, 6.07) is 0. The molecular formula is C19H26O2. The fourth-order valence-corrected chi connectivity index (χ4v) is 6.34. The van der Waals surface area contributed by atoms with E-state index >= 15 is 0 Å². The van der Waals surface area contributed by atoms with Gasteiger partial charge in [0.25, 0.3) is 0 Å². The molecule has 114 valence electrons. The summed E-state index contributed by atoms with van der Waals surface area (Å²) >= 11 is 0. The van der Waals surface area contributed by atoms with Crippen LogP contribution in [0.2, 0.25) is 0 Å². The molecule has 3 fully saturated rings. The van der Waals surface area contributed by atoms with Gasteiger partial charge in [0, 0.05) is 12.3 Å². The van der Waals surface area contributed by atoms with Gasteiger partial charge in [-0.05, 0) is 87.5 Å². The first-order valence-corrected chi connectivity index (χ1v) is 8.89. The van der Waals surface area contributed by atoms with Gasteiger partial charge in [0.15, 0.2) is 5.78 Å². The first-order chi connectivity index (χ1) is 10.1. The summed E-state index contributed by atoms with van der Waals surface area (Å²) in [7, 11) is 0. The van der Waals surface area contributed by atoms with Crippen LogP contribution in [0, 0.1) is 35.5 Å². The van der Waals surface area contributed by atoms with Gasteiger partial charge in [-0.25, -0.2) is 0 Å².